The number of anilines is 1. The summed E-state index contributed by atoms with van der Waals surface area (Å²) >= 11 is 0. The highest BCUT2D eigenvalue weighted by Crippen LogP contribution is 2.35. The summed E-state index contributed by atoms with van der Waals surface area (Å²) in [6.45, 7) is 4.45. The maximum absolute atomic E-state index is 12.7. The predicted molar refractivity (Wildman–Crippen MR) is 107 cm³/mol. The van der Waals surface area contributed by atoms with Crippen LogP contribution in [0.5, 0.6) is 0 Å². The van der Waals surface area contributed by atoms with Crippen molar-refractivity contribution in [3.8, 4) is 0 Å². The zero-order valence-corrected chi connectivity index (χ0v) is 16.5. The molecule has 1 atom stereocenters. The van der Waals surface area contributed by atoms with E-state index in [9.17, 15) is 4.79 Å². The molecule has 0 saturated carbocycles. The van der Waals surface area contributed by atoms with E-state index in [1.807, 2.05) is 17.0 Å². The maximum Gasteiger partial charge on any atom is 0.257 e. The minimum Gasteiger partial charge on any atom is -0.373 e. The lowest BCUT2D eigenvalue weighted by Gasteiger charge is -2.32. The molecule has 3 saturated heterocycles. The number of nitrogens with one attached hydrogen (secondary N) is 2. The minimum atomic E-state index is 0. The summed E-state index contributed by atoms with van der Waals surface area (Å²) in [6, 6.07) is 3.95. The van der Waals surface area contributed by atoms with Gasteiger partial charge in [-0.15, -0.1) is 24.8 Å². The van der Waals surface area contributed by atoms with Gasteiger partial charge in [0.2, 0.25) is 0 Å². The van der Waals surface area contributed by atoms with Gasteiger partial charge in [0.05, 0.1) is 23.8 Å². The fraction of sp³-hybridized carbons (Fsp3) is 0.667. The molecule has 0 radical (unpaired) electrons. The van der Waals surface area contributed by atoms with Crippen LogP contribution in [0.25, 0.3) is 0 Å². The van der Waals surface area contributed by atoms with Gasteiger partial charge < -0.3 is 20.3 Å². The van der Waals surface area contributed by atoms with Crippen molar-refractivity contribution < 1.29 is 9.53 Å². The second kappa shape index (κ2) is 9.22. The number of rotatable bonds is 3. The summed E-state index contributed by atoms with van der Waals surface area (Å²) < 4.78 is 6.14. The number of halogens is 2. The molecule has 3 fully saturated rings. The fourth-order valence-corrected chi connectivity index (χ4v) is 4.14. The third kappa shape index (κ3) is 4.42. The van der Waals surface area contributed by atoms with Crippen molar-refractivity contribution in [2.24, 2.45) is 0 Å². The minimum absolute atomic E-state index is 0. The molecule has 1 aromatic heterocycles. The molecule has 1 aromatic rings. The number of nitrogens with zero attached hydrogens (tertiary/aromatic N) is 2. The number of hydrogen-bond donors (Lipinski definition) is 2. The molecule has 3 aliphatic rings. The third-order valence-electron chi connectivity index (χ3n) is 5.50. The molecule has 2 N–H and O–H groups in total. The van der Waals surface area contributed by atoms with Crippen molar-refractivity contribution >= 4 is 36.5 Å². The molecular formula is C18H28Cl2N4O2. The molecule has 1 spiro atoms. The SMILES string of the molecule is Cl.Cl.O=C(c1cccnc1NC1COC2(CCNCC2)C1)N1CCCC1. The largest absolute Gasteiger partial charge is 0.373 e. The summed E-state index contributed by atoms with van der Waals surface area (Å²) in [5.74, 6) is 0.799. The highest BCUT2D eigenvalue weighted by molar-refractivity contribution is 5.98. The zero-order chi connectivity index (χ0) is 16.4. The van der Waals surface area contributed by atoms with Crippen LogP contribution in [-0.4, -0.2) is 60.2 Å². The number of pyridine rings is 1. The lowest BCUT2D eigenvalue weighted by Crippen LogP contribution is -2.41. The van der Waals surface area contributed by atoms with Crippen molar-refractivity contribution in [2.75, 3.05) is 38.1 Å². The maximum atomic E-state index is 12.7. The molecule has 6 nitrogen and oxygen atoms in total. The normalized spacial score (nSPS) is 24.0. The van der Waals surface area contributed by atoms with Crippen LogP contribution in [0.3, 0.4) is 0 Å². The lowest BCUT2D eigenvalue weighted by molar-refractivity contribution is -0.0192. The van der Waals surface area contributed by atoms with E-state index in [0.29, 0.717) is 18.0 Å². The monoisotopic (exact) mass is 402 g/mol. The summed E-state index contributed by atoms with van der Waals surface area (Å²) in [6.07, 6.45) is 7.06. The molecular weight excluding hydrogens is 375 g/mol. The highest BCUT2D eigenvalue weighted by Gasteiger charge is 2.41. The van der Waals surface area contributed by atoms with E-state index in [4.69, 9.17) is 4.74 Å². The van der Waals surface area contributed by atoms with Gasteiger partial charge in [0.1, 0.15) is 5.82 Å². The smallest absolute Gasteiger partial charge is 0.257 e. The summed E-state index contributed by atoms with van der Waals surface area (Å²) in [4.78, 5) is 19.1. The first kappa shape index (κ1) is 21.2. The number of ether oxygens (including phenoxy) is 1. The van der Waals surface area contributed by atoms with E-state index in [1.54, 1.807) is 6.20 Å². The fourth-order valence-electron chi connectivity index (χ4n) is 4.14. The number of amides is 1. The average Bonchev–Trinajstić information content (AvgIpc) is 3.27. The number of likely N-dealkylation sites (tertiary alicyclic amines) is 1. The first-order valence-corrected chi connectivity index (χ1v) is 9.11. The average molecular weight is 403 g/mol. The molecule has 0 aliphatic carbocycles. The Morgan fingerprint density at radius 2 is 2.00 bits per heavy atom. The molecule has 26 heavy (non-hydrogen) atoms. The van der Waals surface area contributed by atoms with E-state index in [2.05, 4.69) is 15.6 Å². The Bertz CT molecular complexity index is 605. The van der Waals surface area contributed by atoms with Gasteiger partial charge in [-0.25, -0.2) is 4.98 Å². The van der Waals surface area contributed by atoms with Gasteiger partial charge in [0.25, 0.3) is 5.91 Å². The van der Waals surface area contributed by atoms with Gasteiger partial charge in [0, 0.05) is 19.3 Å². The molecule has 4 heterocycles. The van der Waals surface area contributed by atoms with Crippen LogP contribution < -0.4 is 10.6 Å². The van der Waals surface area contributed by atoms with Gasteiger partial charge in [-0.2, -0.15) is 0 Å². The van der Waals surface area contributed by atoms with Crippen LogP contribution in [0.1, 0.15) is 42.5 Å². The van der Waals surface area contributed by atoms with E-state index in [-0.39, 0.29) is 42.4 Å². The Labute approximate surface area is 167 Å². The number of piperidine rings is 1. The van der Waals surface area contributed by atoms with Gasteiger partial charge in [-0.3, -0.25) is 4.79 Å². The Morgan fingerprint density at radius 3 is 2.73 bits per heavy atom. The molecule has 3 aliphatic heterocycles. The van der Waals surface area contributed by atoms with Crippen LogP contribution in [0.15, 0.2) is 18.3 Å². The standard InChI is InChI=1S/C18H26N4O2.2ClH/c23-17(22-10-1-2-11-22)15-4-3-7-20-16(15)21-14-12-18(24-13-14)5-8-19-9-6-18;;/h3-4,7,14,19H,1-2,5-6,8-13H2,(H,20,21);2*1H. The van der Waals surface area contributed by atoms with Crippen molar-refractivity contribution in [3.05, 3.63) is 23.9 Å². The topological polar surface area (TPSA) is 66.5 Å². The third-order valence-corrected chi connectivity index (χ3v) is 5.50. The Kier molecular flexibility index (Phi) is 7.52. The molecule has 4 rings (SSSR count). The molecule has 1 amide bonds. The van der Waals surface area contributed by atoms with Crippen LogP contribution in [0.4, 0.5) is 5.82 Å². The first-order chi connectivity index (χ1) is 11.8. The van der Waals surface area contributed by atoms with Crippen molar-refractivity contribution in [3.63, 3.8) is 0 Å². The van der Waals surface area contributed by atoms with Crippen molar-refractivity contribution in [2.45, 2.75) is 43.7 Å². The predicted octanol–water partition coefficient (Wildman–Crippen LogP) is 2.48. The van der Waals surface area contributed by atoms with Crippen LogP contribution in [0.2, 0.25) is 0 Å². The Hall–Kier alpha value is -1.08. The van der Waals surface area contributed by atoms with Gasteiger partial charge in [0.15, 0.2) is 0 Å². The molecule has 0 aromatic carbocycles. The van der Waals surface area contributed by atoms with Gasteiger partial charge in [-0.05, 0) is 57.3 Å². The molecule has 146 valence electrons. The number of hydrogen-bond acceptors (Lipinski definition) is 5. The summed E-state index contributed by atoms with van der Waals surface area (Å²) in [5, 5.41) is 6.87. The second-order valence-electron chi connectivity index (χ2n) is 7.19. The number of carbonyl (C=O) groups is 1. The van der Waals surface area contributed by atoms with Crippen LogP contribution in [-0.2, 0) is 4.74 Å². The van der Waals surface area contributed by atoms with E-state index < -0.39 is 0 Å². The van der Waals surface area contributed by atoms with E-state index in [0.717, 1.165) is 58.3 Å². The van der Waals surface area contributed by atoms with Crippen molar-refractivity contribution in [1.29, 1.82) is 0 Å². The van der Waals surface area contributed by atoms with Crippen molar-refractivity contribution in [1.82, 2.24) is 15.2 Å². The highest BCUT2D eigenvalue weighted by atomic mass is 35.5. The second-order valence-corrected chi connectivity index (χ2v) is 7.19. The number of carbonyl (C=O) groups excluding carboxylic acids is 1. The summed E-state index contributed by atoms with van der Waals surface area (Å²) in [7, 11) is 0. The van der Waals surface area contributed by atoms with E-state index in [1.165, 1.54) is 0 Å². The van der Waals surface area contributed by atoms with Crippen LogP contribution >= 0.6 is 24.8 Å². The quantitative estimate of drug-likeness (QED) is 0.812. The molecule has 1 unspecified atom stereocenters. The Morgan fingerprint density at radius 1 is 1.27 bits per heavy atom. The lowest BCUT2D eigenvalue weighted by atomic mass is 9.88. The number of aromatic nitrogens is 1. The van der Waals surface area contributed by atoms with Crippen LogP contribution in [0, 0.1) is 0 Å². The first-order valence-electron chi connectivity index (χ1n) is 9.11. The van der Waals surface area contributed by atoms with Gasteiger partial charge in [-0.1, -0.05) is 0 Å². The van der Waals surface area contributed by atoms with Gasteiger partial charge >= 0.3 is 0 Å². The summed E-state index contributed by atoms with van der Waals surface area (Å²) in [5.41, 5.74) is 0.697. The molecule has 0 bridgehead atoms. The molecule has 8 heteroatoms. The Balaban J connectivity index is 0.00000121. The van der Waals surface area contributed by atoms with E-state index >= 15 is 0 Å². The zero-order valence-electron chi connectivity index (χ0n) is 14.9.